The molecular formula is C25H22O5. The molecule has 0 radical (unpaired) electrons. The first-order chi connectivity index (χ1) is 14.6. The SMILES string of the molecule is COc1ccc(C(Oc2ccc3oc(=O)cc(C)c3c2)c2ccc(OC)cc2)cc1. The molecule has 0 atom stereocenters. The lowest BCUT2D eigenvalue weighted by atomic mass is 10.0. The predicted molar refractivity (Wildman–Crippen MR) is 116 cm³/mol. The van der Waals surface area contributed by atoms with Crippen molar-refractivity contribution in [2.75, 3.05) is 14.2 Å². The lowest BCUT2D eigenvalue weighted by Gasteiger charge is -2.21. The van der Waals surface area contributed by atoms with Crippen molar-refractivity contribution in [1.82, 2.24) is 0 Å². The summed E-state index contributed by atoms with van der Waals surface area (Å²) >= 11 is 0. The van der Waals surface area contributed by atoms with Crippen LogP contribution in [0.5, 0.6) is 17.2 Å². The Hall–Kier alpha value is -3.73. The summed E-state index contributed by atoms with van der Waals surface area (Å²) in [6, 6.07) is 22.5. The Morgan fingerprint density at radius 1 is 0.733 bits per heavy atom. The first kappa shape index (κ1) is 19.6. The smallest absolute Gasteiger partial charge is 0.336 e. The Morgan fingerprint density at radius 3 is 1.80 bits per heavy atom. The second-order valence-electron chi connectivity index (χ2n) is 6.95. The highest BCUT2D eigenvalue weighted by Gasteiger charge is 2.17. The number of hydrogen-bond donors (Lipinski definition) is 0. The number of aryl methyl sites for hydroxylation is 1. The molecule has 30 heavy (non-hydrogen) atoms. The van der Waals surface area contributed by atoms with E-state index in [0.717, 1.165) is 33.6 Å². The molecule has 5 heteroatoms. The molecule has 0 amide bonds. The third kappa shape index (κ3) is 4.01. The second-order valence-corrected chi connectivity index (χ2v) is 6.95. The van der Waals surface area contributed by atoms with E-state index in [1.165, 1.54) is 6.07 Å². The predicted octanol–water partition coefficient (Wildman–Crippen LogP) is 5.29. The van der Waals surface area contributed by atoms with Crippen LogP contribution in [0.25, 0.3) is 11.0 Å². The van der Waals surface area contributed by atoms with Crippen molar-refractivity contribution < 1.29 is 18.6 Å². The Kier molecular flexibility index (Phi) is 5.44. The van der Waals surface area contributed by atoms with Gasteiger partial charge in [-0.3, -0.25) is 0 Å². The summed E-state index contributed by atoms with van der Waals surface area (Å²) in [6.45, 7) is 1.88. The zero-order valence-corrected chi connectivity index (χ0v) is 17.0. The van der Waals surface area contributed by atoms with Gasteiger partial charge in [-0.15, -0.1) is 0 Å². The summed E-state index contributed by atoms with van der Waals surface area (Å²) < 4.78 is 22.3. The lowest BCUT2D eigenvalue weighted by molar-refractivity contribution is 0.247. The van der Waals surface area contributed by atoms with Crippen molar-refractivity contribution in [1.29, 1.82) is 0 Å². The molecule has 0 bridgehead atoms. The molecule has 3 aromatic carbocycles. The van der Waals surface area contributed by atoms with Gasteiger partial charge < -0.3 is 18.6 Å². The van der Waals surface area contributed by atoms with E-state index in [0.29, 0.717) is 11.3 Å². The van der Waals surface area contributed by atoms with Crippen LogP contribution in [-0.2, 0) is 0 Å². The summed E-state index contributed by atoms with van der Waals surface area (Å²) in [4.78, 5) is 11.6. The summed E-state index contributed by atoms with van der Waals surface area (Å²) in [5.41, 5.74) is 2.99. The third-order valence-corrected chi connectivity index (χ3v) is 5.01. The Labute approximate surface area is 174 Å². The molecule has 0 fully saturated rings. The van der Waals surface area contributed by atoms with E-state index in [4.69, 9.17) is 18.6 Å². The standard InChI is InChI=1S/C25H22O5/c1-16-14-24(26)30-23-13-12-21(15-22(16)23)29-25(17-4-8-19(27-2)9-5-17)18-6-10-20(28-3)11-7-18/h4-15,25H,1-3H3. The van der Waals surface area contributed by atoms with Crippen molar-refractivity contribution >= 4 is 11.0 Å². The van der Waals surface area contributed by atoms with Crippen molar-refractivity contribution in [2.24, 2.45) is 0 Å². The number of rotatable bonds is 6. The molecule has 4 rings (SSSR count). The average molecular weight is 402 g/mol. The highest BCUT2D eigenvalue weighted by Crippen LogP contribution is 2.32. The van der Waals surface area contributed by atoms with Gasteiger partial charge >= 0.3 is 5.63 Å². The fourth-order valence-corrected chi connectivity index (χ4v) is 3.39. The molecule has 0 N–H and O–H groups in total. The molecule has 0 saturated carbocycles. The van der Waals surface area contributed by atoms with Crippen LogP contribution in [0.15, 0.2) is 82.0 Å². The van der Waals surface area contributed by atoms with Gasteiger partial charge in [0.25, 0.3) is 0 Å². The van der Waals surface area contributed by atoms with Crippen LogP contribution in [0, 0.1) is 6.92 Å². The normalized spacial score (nSPS) is 10.9. The topological polar surface area (TPSA) is 57.9 Å². The molecule has 1 aromatic heterocycles. The van der Waals surface area contributed by atoms with Crippen LogP contribution in [0.4, 0.5) is 0 Å². The molecule has 4 aromatic rings. The quantitative estimate of drug-likeness (QED) is 0.410. The van der Waals surface area contributed by atoms with E-state index in [1.807, 2.05) is 67.6 Å². The van der Waals surface area contributed by atoms with Crippen molar-refractivity contribution in [3.8, 4) is 17.2 Å². The van der Waals surface area contributed by atoms with E-state index in [-0.39, 0.29) is 11.7 Å². The average Bonchev–Trinajstić information content (AvgIpc) is 2.78. The molecule has 1 heterocycles. The van der Waals surface area contributed by atoms with Crippen molar-refractivity contribution in [2.45, 2.75) is 13.0 Å². The van der Waals surface area contributed by atoms with Gasteiger partial charge in [0.05, 0.1) is 14.2 Å². The number of ether oxygens (including phenoxy) is 3. The van der Waals surface area contributed by atoms with E-state index < -0.39 is 0 Å². The fourth-order valence-electron chi connectivity index (χ4n) is 3.39. The highest BCUT2D eigenvalue weighted by molar-refractivity contribution is 5.81. The molecule has 5 nitrogen and oxygen atoms in total. The minimum Gasteiger partial charge on any atom is -0.497 e. The highest BCUT2D eigenvalue weighted by atomic mass is 16.5. The molecule has 0 aliphatic carbocycles. The van der Waals surface area contributed by atoms with Gasteiger partial charge in [0.2, 0.25) is 0 Å². The van der Waals surface area contributed by atoms with E-state index in [9.17, 15) is 4.79 Å². The minimum absolute atomic E-state index is 0.338. The molecule has 0 aliphatic heterocycles. The maximum Gasteiger partial charge on any atom is 0.336 e. The summed E-state index contributed by atoms with van der Waals surface area (Å²) in [7, 11) is 3.28. The number of benzene rings is 3. The number of methoxy groups -OCH3 is 2. The lowest BCUT2D eigenvalue weighted by Crippen LogP contribution is -2.09. The summed E-state index contributed by atoms with van der Waals surface area (Å²) in [5, 5.41) is 0.843. The monoisotopic (exact) mass is 402 g/mol. The molecule has 0 saturated heterocycles. The first-order valence-electron chi connectivity index (χ1n) is 9.56. The first-order valence-corrected chi connectivity index (χ1v) is 9.56. The van der Waals surface area contributed by atoms with E-state index >= 15 is 0 Å². The molecule has 0 spiro atoms. The van der Waals surface area contributed by atoms with Gasteiger partial charge in [0, 0.05) is 11.5 Å². The largest absolute Gasteiger partial charge is 0.497 e. The van der Waals surface area contributed by atoms with Gasteiger partial charge in [0.1, 0.15) is 28.9 Å². The Morgan fingerprint density at radius 2 is 1.27 bits per heavy atom. The molecule has 0 aliphatic rings. The zero-order chi connectivity index (χ0) is 21.1. The Balaban J connectivity index is 1.75. The van der Waals surface area contributed by atoms with Gasteiger partial charge in [-0.1, -0.05) is 24.3 Å². The van der Waals surface area contributed by atoms with Gasteiger partial charge in [-0.25, -0.2) is 4.79 Å². The second kappa shape index (κ2) is 8.33. The fraction of sp³-hybridized carbons (Fsp3) is 0.160. The Bertz CT molecular complexity index is 1160. The third-order valence-electron chi connectivity index (χ3n) is 5.01. The van der Waals surface area contributed by atoms with Crippen LogP contribution < -0.4 is 19.8 Å². The molecule has 0 unspecified atom stereocenters. The van der Waals surface area contributed by atoms with Crippen molar-refractivity contribution in [3.05, 3.63) is 99.9 Å². The summed E-state index contributed by atoms with van der Waals surface area (Å²) in [5.74, 6) is 2.24. The maximum absolute atomic E-state index is 11.6. The van der Waals surface area contributed by atoms with Crippen LogP contribution in [0.3, 0.4) is 0 Å². The van der Waals surface area contributed by atoms with Crippen LogP contribution in [-0.4, -0.2) is 14.2 Å². The van der Waals surface area contributed by atoms with Crippen LogP contribution >= 0.6 is 0 Å². The van der Waals surface area contributed by atoms with Crippen LogP contribution in [0.1, 0.15) is 22.8 Å². The summed E-state index contributed by atoms with van der Waals surface area (Å²) in [6.07, 6.45) is -0.338. The maximum atomic E-state index is 11.6. The zero-order valence-electron chi connectivity index (χ0n) is 17.0. The molecular weight excluding hydrogens is 380 g/mol. The van der Waals surface area contributed by atoms with E-state index in [1.54, 1.807) is 20.3 Å². The van der Waals surface area contributed by atoms with Crippen molar-refractivity contribution in [3.63, 3.8) is 0 Å². The number of fused-ring (bicyclic) bond motifs is 1. The van der Waals surface area contributed by atoms with Gasteiger partial charge in [0.15, 0.2) is 0 Å². The molecule has 152 valence electrons. The van der Waals surface area contributed by atoms with Gasteiger partial charge in [-0.2, -0.15) is 0 Å². The minimum atomic E-state index is -0.358. The van der Waals surface area contributed by atoms with Crippen LogP contribution in [0.2, 0.25) is 0 Å². The van der Waals surface area contributed by atoms with E-state index in [2.05, 4.69) is 0 Å². The number of hydrogen-bond acceptors (Lipinski definition) is 5. The van der Waals surface area contributed by atoms with Gasteiger partial charge in [-0.05, 0) is 66.1 Å².